The Morgan fingerprint density at radius 3 is 2.52 bits per heavy atom. The molecule has 0 unspecified atom stereocenters. The van der Waals surface area contributed by atoms with Gasteiger partial charge in [0.1, 0.15) is 11.6 Å². The molecule has 0 atom stereocenters. The zero-order chi connectivity index (χ0) is 24.2. The van der Waals surface area contributed by atoms with Crippen molar-refractivity contribution in [3.63, 3.8) is 0 Å². The highest BCUT2D eigenvalue weighted by Gasteiger charge is 2.24. The highest BCUT2D eigenvalue weighted by molar-refractivity contribution is 7.90. The van der Waals surface area contributed by atoms with Gasteiger partial charge in [0.15, 0.2) is 9.84 Å². The zero-order valence-electron chi connectivity index (χ0n) is 19.2. The van der Waals surface area contributed by atoms with E-state index in [2.05, 4.69) is 16.9 Å². The number of piperidine rings is 1. The van der Waals surface area contributed by atoms with Crippen molar-refractivity contribution in [3.05, 3.63) is 54.6 Å². The summed E-state index contributed by atoms with van der Waals surface area (Å²) in [6.45, 7) is 9.67. The van der Waals surface area contributed by atoms with Gasteiger partial charge in [-0.05, 0) is 55.0 Å². The second kappa shape index (κ2) is 10.3. The van der Waals surface area contributed by atoms with Crippen LogP contribution in [0.3, 0.4) is 0 Å². The fraction of sp³-hybridized carbons (Fsp3) is 0.417. The van der Waals surface area contributed by atoms with Gasteiger partial charge in [-0.2, -0.15) is 0 Å². The number of nitrogens with one attached hydrogen (secondary N) is 1. The quantitative estimate of drug-likeness (QED) is 0.646. The minimum Gasteiger partial charge on any atom is -0.492 e. The first-order valence-corrected chi connectivity index (χ1v) is 12.8. The van der Waals surface area contributed by atoms with Gasteiger partial charge in [-0.1, -0.05) is 20.4 Å². The average Bonchev–Trinajstić information content (AvgIpc) is 2.77. The molecule has 1 aromatic heterocycles. The third-order valence-corrected chi connectivity index (χ3v) is 6.84. The summed E-state index contributed by atoms with van der Waals surface area (Å²) in [5.41, 5.74) is 1.33. The summed E-state index contributed by atoms with van der Waals surface area (Å²) in [4.78, 5) is 18.3. The number of urea groups is 1. The number of amides is 2. The molecule has 1 aliphatic heterocycles. The van der Waals surface area contributed by atoms with E-state index >= 15 is 0 Å². The largest absolute Gasteiger partial charge is 0.492 e. The monoisotopic (exact) mass is 475 g/mol. The van der Waals surface area contributed by atoms with Crippen molar-refractivity contribution in [2.45, 2.75) is 31.6 Å². The van der Waals surface area contributed by atoms with Crippen molar-refractivity contribution in [1.29, 1.82) is 0 Å². The number of ether oxygens (including phenoxy) is 1. The number of carbonyl (C=O) groups is 1. The number of rotatable bonds is 7. The van der Waals surface area contributed by atoms with E-state index < -0.39 is 15.7 Å². The van der Waals surface area contributed by atoms with Crippen LogP contribution in [0, 0.1) is 17.7 Å². The molecular formula is C24H30FN3O4S. The summed E-state index contributed by atoms with van der Waals surface area (Å²) >= 11 is 0. The van der Waals surface area contributed by atoms with Crippen LogP contribution in [0.2, 0.25) is 0 Å². The lowest BCUT2D eigenvalue weighted by atomic mass is 9.98. The van der Waals surface area contributed by atoms with E-state index in [-0.39, 0.29) is 22.4 Å². The first kappa shape index (κ1) is 24.7. The number of hydrogen-bond donors (Lipinski definition) is 1. The van der Waals surface area contributed by atoms with Gasteiger partial charge in [-0.25, -0.2) is 17.6 Å². The van der Waals surface area contributed by atoms with Gasteiger partial charge in [0.05, 0.1) is 23.4 Å². The van der Waals surface area contributed by atoms with Crippen LogP contribution < -0.4 is 10.1 Å². The first-order valence-electron chi connectivity index (χ1n) is 10.9. The highest BCUT2D eigenvalue weighted by atomic mass is 32.2. The first-order chi connectivity index (χ1) is 15.5. The molecule has 33 heavy (non-hydrogen) atoms. The number of halogens is 1. The molecule has 0 spiro atoms. The summed E-state index contributed by atoms with van der Waals surface area (Å²) in [5.74, 6) is 0.443. The number of allylic oxidation sites excluding steroid dienone is 1. The summed E-state index contributed by atoms with van der Waals surface area (Å²) < 4.78 is 43.4. The molecule has 1 N–H and O–H groups in total. The Balaban J connectivity index is 1.51. The van der Waals surface area contributed by atoms with Gasteiger partial charge >= 0.3 is 6.03 Å². The molecule has 2 aromatic rings. The second-order valence-electron chi connectivity index (χ2n) is 8.64. The van der Waals surface area contributed by atoms with Crippen LogP contribution in [0.15, 0.2) is 53.7 Å². The fourth-order valence-electron chi connectivity index (χ4n) is 3.44. The molecule has 0 bridgehead atoms. The smallest absolute Gasteiger partial charge is 0.321 e. The molecule has 9 heteroatoms. The third kappa shape index (κ3) is 6.54. The van der Waals surface area contributed by atoms with Crippen LogP contribution in [0.5, 0.6) is 5.75 Å². The van der Waals surface area contributed by atoms with Crippen LogP contribution in [-0.4, -0.2) is 50.3 Å². The van der Waals surface area contributed by atoms with E-state index in [0.717, 1.165) is 25.2 Å². The van der Waals surface area contributed by atoms with E-state index in [0.29, 0.717) is 42.8 Å². The molecule has 1 aromatic carbocycles. The van der Waals surface area contributed by atoms with Gasteiger partial charge in [-0.15, -0.1) is 0 Å². The summed E-state index contributed by atoms with van der Waals surface area (Å²) in [5, 5.41) is 2.85. The maximum Gasteiger partial charge on any atom is 0.321 e. The molecule has 178 valence electrons. The lowest BCUT2D eigenvalue weighted by Gasteiger charge is -2.32. The molecule has 3 rings (SSSR count). The van der Waals surface area contributed by atoms with Gasteiger partial charge < -0.3 is 15.0 Å². The highest BCUT2D eigenvalue weighted by Crippen LogP contribution is 2.26. The van der Waals surface area contributed by atoms with E-state index in [1.807, 2.05) is 13.8 Å². The molecule has 2 amide bonds. The van der Waals surface area contributed by atoms with E-state index in [4.69, 9.17) is 4.74 Å². The Morgan fingerprint density at radius 2 is 1.97 bits per heavy atom. The Kier molecular flexibility index (Phi) is 7.73. The normalized spacial score (nSPS) is 14.9. The zero-order valence-corrected chi connectivity index (χ0v) is 20.0. The predicted molar refractivity (Wildman–Crippen MR) is 125 cm³/mol. The summed E-state index contributed by atoms with van der Waals surface area (Å²) in [6.07, 6.45) is 4.24. The number of aromatic nitrogens is 1. The molecule has 7 nitrogen and oxygen atoms in total. The van der Waals surface area contributed by atoms with Crippen LogP contribution in [0.4, 0.5) is 9.18 Å². The third-order valence-electron chi connectivity index (χ3n) is 5.73. The van der Waals surface area contributed by atoms with Crippen molar-refractivity contribution < 1.29 is 22.3 Å². The summed E-state index contributed by atoms with van der Waals surface area (Å²) in [6, 6.07) is 7.03. The minimum absolute atomic E-state index is 0.0721. The van der Waals surface area contributed by atoms with Crippen LogP contribution in [-0.2, 0) is 9.84 Å². The predicted octanol–water partition coefficient (Wildman–Crippen LogP) is 4.26. The summed E-state index contributed by atoms with van der Waals surface area (Å²) in [7, 11) is -3.48. The standard InChI is InChI=1S/C24H30FN3O4S/c1-16(2)17(3)27-24(29)28-11-9-18(10-12-28)15-32-19-5-8-23(26-14-19)21-7-6-20(13-22(21)25)33(4,30)31/h5-8,13-14,16,18H,3,9-12,15H2,1-2,4H3,(H,27,29). The van der Waals surface area contributed by atoms with Gasteiger partial charge in [0, 0.05) is 30.6 Å². The molecule has 2 heterocycles. The SMILES string of the molecule is C=C(NC(=O)N1CCC(COc2ccc(-c3ccc(S(C)(=O)=O)cc3F)nc2)CC1)C(C)C. The number of hydrogen-bond acceptors (Lipinski definition) is 5. The fourth-order valence-corrected chi connectivity index (χ4v) is 4.07. The number of nitrogens with zero attached hydrogens (tertiary/aromatic N) is 2. The van der Waals surface area contributed by atoms with E-state index in [1.165, 1.54) is 18.3 Å². The van der Waals surface area contributed by atoms with Crippen LogP contribution in [0.1, 0.15) is 26.7 Å². The van der Waals surface area contributed by atoms with Crippen molar-refractivity contribution in [1.82, 2.24) is 15.2 Å². The Morgan fingerprint density at radius 1 is 1.27 bits per heavy atom. The van der Waals surface area contributed by atoms with Gasteiger partial charge in [0.25, 0.3) is 0 Å². The molecule has 0 radical (unpaired) electrons. The average molecular weight is 476 g/mol. The Hall–Kier alpha value is -2.94. The Bertz CT molecular complexity index is 1110. The lowest BCUT2D eigenvalue weighted by Crippen LogP contribution is -2.45. The maximum absolute atomic E-state index is 14.4. The van der Waals surface area contributed by atoms with Gasteiger partial charge in [-0.3, -0.25) is 4.98 Å². The topological polar surface area (TPSA) is 88.6 Å². The second-order valence-corrected chi connectivity index (χ2v) is 10.7. The molecule has 1 fully saturated rings. The maximum atomic E-state index is 14.4. The van der Waals surface area contributed by atoms with Crippen molar-refractivity contribution in [2.75, 3.05) is 26.0 Å². The minimum atomic E-state index is -3.48. The molecule has 1 aliphatic rings. The van der Waals surface area contributed by atoms with Crippen molar-refractivity contribution in [3.8, 4) is 17.0 Å². The number of likely N-dealkylation sites (tertiary alicyclic amines) is 1. The molecule has 1 saturated heterocycles. The molecule has 0 saturated carbocycles. The molecular weight excluding hydrogens is 445 g/mol. The van der Waals surface area contributed by atoms with Gasteiger partial charge in [0.2, 0.25) is 0 Å². The lowest BCUT2D eigenvalue weighted by molar-refractivity contribution is 0.146. The van der Waals surface area contributed by atoms with Crippen molar-refractivity contribution in [2.24, 2.45) is 11.8 Å². The number of sulfone groups is 1. The van der Waals surface area contributed by atoms with E-state index in [1.54, 1.807) is 17.0 Å². The van der Waals surface area contributed by atoms with Crippen LogP contribution >= 0.6 is 0 Å². The molecule has 0 aliphatic carbocycles. The number of benzene rings is 1. The number of carbonyl (C=O) groups excluding carboxylic acids is 1. The Labute approximate surface area is 194 Å². The van der Waals surface area contributed by atoms with Crippen LogP contribution in [0.25, 0.3) is 11.3 Å². The number of pyridine rings is 1. The van der Waals surface area contributed by atoms with Crippen molar-refractivity contribution >= 4 is 15.9 Å². The van der Waals surface area contributed by atoms with E-state index in [9.17, 15) is 17.6 Å².